The van der Waals surface area contributed by atoms with Gasteiger partial charge in [0.25, 0.3) is 0 Å². The molecular formula is C8H9Cl2NO2S. The summed E-state index contributed by atoms with van der Waals surface area (Å²) in [4.78, 5) is 0. The monoisotopic (exact) mass is 253 g/mol. The Bertz CT molecular complexity index is 424. The summed E-state index contributed by atoms with van der Waals surface area (Å²) in [7, 11) is -3.61. The van der Waals surface area contributed by atoms with Gasteiger partial charge in [-0.25, -0.2) is 13.6 Å². The highest BCUT2D eigenvalue weighted by atomic mass is 35.5. The lowest BCUT2D eigenvalue weighted by atomic mass is 10.2. The molecule has 0 amide bonds. The molecule has 0 spiro atoms. The molecule has 1 aromatic carbocycles. The van der Waals surface area contributed by atoms with Crippen LogP contribution in [-0.4, -0.2) is 8.42 Å². The van der Waals surface area contributed by atoms with Crippen molar-refractivity contribution in [3.8, 4) is 0 Å². The lowest BCUT2D eigenvalue weighted by Gasteiger charge is -2.09. The summed E-state index contributed by atoms with van der Waals surface area (Å²) in [5, 5.41) is 4.97. The van der Waals surface area contributed by atoms with Crippen LogP contribution in [0.2, 0.25) is 10.0 Å². The van der Waals surface area contributed by atoms with Crippen molar-refractivity contribution in [1.29, 1.82) is 0 Å². The van der Waals surface area contributed by atoms with Crippen LogP contribution in [-0.2, 0) is 10.0 Å². The Balaban J connectivity index is 3.20. The zero-order valence-corrected chi connectivity index (χ0v) is 9.70. The van der Waals surface area contributed by atoms with Crippen LogP contribution in [0.1, 0.15) is 17.7 Å². The molecule has 0 aromatic heterocycles. The average molecular weight is 254 g/mol. The molecule has 0 bridgehead atoms. The summed E-state index contributed by atoms with van der Waals surface area (Å²) in [6.07, 6.45) is 0. The average Bonchev–Trinajstić information content (AvgIpc) is 1.99. The lowest BCUT2D eigenvalue weighted by molar-refractivity contribution is 0.588. The van der Waals surface area contributed by atoms with Gasteiger partial charge in [0, 0.05) is 10.0 Å². The van der Waals surface area contributed by atoms with Gasteiger partial charge in [0.1, 0.15) is 0 Å². The van der Waals surface area contributed by atoms with Crippen LogP contribution in [0.25, 0.3) is 0 Å². The van der Waals surface area contributed by atoms with Crippen molar-refractivity contribution in [1.82, 2.24) is 0 Å². The van der Waals surface area contributed by atoms with E-state index in [0.29, 0.717) is 15.6 Å². The molecule has 1 atom stereocenters. The third-order valence-electron chi connectivity index (χ3n) is 1.85. The lowest BCUT2D eigenvalue weighted by Crippen LogP contribution is -2.19. The fraction of sp³-hybridized carbons (Fsp3) is 0.250. The highest BCUT2D eigenvalue weighted by Crippen LogP contribution is 2.26. The Kier molecular flexibility index (Phi) is 3.42. The smallest absolute Gasteiger partial charge is 0.215 e. The first kappa shape index (κ1) is 11.8. The van der Waals surface area contributed by atoms with Crippen LogP contribution in [0.3, 0.4) is 0 Å². The fourth-order valence-corrected chi connectivity index (χ4v) is 2.06. The number of nitrogens with two attached hydrogens (primary N) is 1. The van der Waals surface area contributed by atoms with E-state index in [4.69, 9.17) is 28.3 Å². The standard InChI is InChI=1S/C8H9Cl2NO2S/c1-5(14(11,12)13)6-2-7(9)4-8(10)3-6/h2-5H,1H3,(H2,11,12,13)/t5-/m1/s1. The maximum Gasteiger partial charge on any atom is 0.215 e. The van der Waals surface area contributed by atoms with E-state index in [1.54, 1.807) is 0 Å². The van der Waals surface area contributed by atoms with Crippen molar-refractivity contribution in [2.24, 2.45) is 5.14 Å². The maximum absolute atomic E-state index is 11.0. The highest BCUT2D eigenvalue weighted by molar-refractivity contribution is 7.89. The van der Waals surface area contributed by atoms with Crippen molar-refractivity contribution in [2.45, 2.75) is 12.2 Å². The van der Waals surface area contributed by atoms with Crippen molar-refractivity contribution < 1.29 is 8.42 Å². The minimum Gasteiger partial charge on any atom is -0.228 e. The Labute approximate surface area is 92.9 Å². The molecule has 1 rings (SSSR count). The Morgan fingerprint density at radius 2 is 1.64 bits per heavy atom. The van der Waals surface area contributed by atoms with Gasteiger partial charge in [0.2, 0.25) is 10.0 Å². The van der Waals surface area contributed by atoms with E-state index < -0.39 is 15.3 Å². The zero-order chi connectivity index (χ0) is 10.9. The fourth-order valence-electron chi connectivity index (χ4n) is 1.000. The normalized spacial score (nSPS) is 14.0. The Morgan fingerprint density at radius 1 is 1.21 bits per heavy atom. The molecule has 0 aliphatic carbocycles. The third-order valence-corrected chi connectivity index (χ3v) is 3.54. The van der Waals surface area contributed by atoms with Gasteiger partial charge in [-0.3, -0.25) is 0 Å². The van der Waals surface area contributed by atoms with E-state index in [-0.39, 0.29) is 0 Å². The summed E-state index contributed by atoms with van der Waals surface area (Å²) in [6.45, 7) is 1.48. The molecule has 0 fully saturated rings. The number of primary sulfonamides is 1. The van der Waals surface area contributed by atoms with E-state index in [1.165, 1.54) is 25.1 Å². The summed E-state index contributed by atoms with van der Waals surface area (Å²) < 4.78 is 22.1. The molecule has 3 nitrogen and oxygen atoms in total. The quantitative estimate of drug-likeness (QED) is 0.880. The number of halogens is 2. The molecule has 0 aliphatic heterocycles. The number of benzene rings is 1. The minimum atomic E-state index is -3.61. The van der Waals surface area contributed by atoms with Gasteiger partial charge in [-0.05, 0) is 30.7 Å². The van der Waals surface area contributed by atoms with E-state index in [9.17, 15) is 8.42 Å². The molecule has 78 valence electrons. The third kappa shape index (κ3) is 2.85. The van der Waals surface area contributed by atoms with Crippen molar-refractivity contribution in [2.75, 3.05) is 0 Å². The van der Waals surface area contributed by atoms with Crippen LogP contribution in [0.5, 0.6) is 0 Å². The number of sulfonamides is 1. The van der Waals surface area contributed by atoms with Gasteiger partial charge in [0.15, 0.2) is 0 Å². The van der Waals surface area contributed by atoms with Gasteiger partial charge in [-0.15, -0.1) is 0 Å². The topological polar surface area (TPSA) is 60.2 Å². The van der Waals surface area contributed by atoms with Crippen molar-refractivity contribution in [3.63, 3.8) is 0 Å². The minimum absolute atomic E-state index is 0.392. The van der Waals surface area contributed by atoms with Crippen LogP contribution in [0.4, 0.5) is 0 Å². The van der Waals surface area contributed by atoms with Gasteiger partial charge >= 0.3 is 0 Å². The molecule has 6 heteroatoms. The molecule has 1 aromatic rings. The van der Waals surface area contributed by atoms with Gasteiger partial charge in [-0.2, -0.15) is 0 Å². The molecule has 2 N–H and O–H groups in total. The number of hydrogen-bond acceptors (Lipinski definition) is 2. The molecule has 0 radical (unpaired) electrons. The Morgan fingerprint density at radius 3 is 2.00 bits per heavy atom. The summed E-state index contributed by atoms with van der Waals surface area (Å²) in [5.74, 6) is 0. The molecular weight excluding hydrogens is 245 g/mol. The van der Waals surface area contributed by atoms with E-state index in [0.717, 1.165) is 0 Å². The van der Waals surface area contributed by atoms with Gasteiger partial charge in [-0.1, -0.05) is 23.2 Å². The van der Waals surface area contributed by atoms with Crippen LogP contribution in [0, 0.1) is 0 Å². The summed E-state index contributed by atoms with van der Waals surface area (Å²) in [5.41, 5.74) is 0.491. The predicted octanol–water partition coefficient (Wildman–Crippen LogP) is 2.34. The van der Waals surface area contributed by atoms with Crippen molar-refractivity contribution >= 4 is 33.2 Å². The second kappa shape index (κ2) is 4.06. The molecule has 0 aliphatic rings. The summed E-state index contributed by atoms with van der Waals surface area (Å²) >= 11 is 11.4. The van der Waals surface area contributed by atoms with Crippen LogP contribution in [0.15, 0.2) is 18.2 Å². The molecule has 0 saturated heterocycles. The highest BCUT2D eigenvalue weighted by Gasteiger charge is 2.18. The molecule has 0 heterocycles. The zero-order valence-electron chi connectivity index (χ0n) is 7.37. The SMILES string of the molecule is C[C@H](c1cc(Cl)cc(Cl)c1)S(N)(=O)=O. The predicted molar refractivity (Wildman–Crippen MR) is 58.0 cm³/mol. The van der Waals surface area contributed by atoms with Crippen molar-refractivity contribution in [3.05, 3.63) is 33.8 Å². The van der Waals surface area contributed by atoms with Gasteiger partial charge in [0.05, 0.1) is 5.25 Å². The van der Waals surface area contributed by atoms with Crippen LogP contribution >= 0.6 is 23.2 Å². The summed E-state index contributed by atoms with van der Waals surface area (Å²) in [6, 6.07) is 4.59. The number of rotatable bonds is 2. The first-order valence-corrected chi connectivity index (χ1v) is 6.15. The molecule has 0 saturated carbocycles. The Hall–Kier alpha value is -0.290. The molecule has 0 unspecified atom stereocenters. The first-order valence-electron chi connectivity index (χ1n) is 3.78. The first-order chi connectivity index (χ1) is 6.30. The van der Waals surface area contributed by atoms with Gasteiger partial charge < -0.3 is 0 Å². The van der Waals surface area contributed by atoms with E-state index in [2.05, 4.69) is 0 Å². The van der Waals surface area contributed by atoms with E-state index >= 15 is 0 Å². The van der Waals surface area contributed by atoms with Crippen LogP contribution < -0.4 is 5.14 Å². The second-order valence-electron chi connectivity index (χ2n) is 2.93. The second-order valence-corrected chi connectivity index (χ2v) is 5.69. The number of hydrogen-bond donors (Lipinski definition) is 1. The van der Waals surface area contributed by atoms with E-state index in [1.807, 2.05) is 0 Å². The molecule has 14 heavy (non-hydrogen) atoms. The maximum atomic E-state index is 11.0. The largest absolute Gasteiger partial charge is 0.228 e.